The molecule has 0 bridgehead atoms. The van der Waals surface area contributed by atoms with Gasteiger partial charge in [-0.05, 0) is 36.1 Å². The molecule has 25 heteroatoms. The summed E-state index contributed by atoms with van der Waals surface area (Å²) in [5.41, 5.74) is 6.27. The third-order valence-electron chi connectivity index (χ3n) is 9.89. The number of aliphatic hydroxyl groups excluding tert-OH is 1. The van der Waals surface area contributed by atoms with Gasteiger partial charge in [0.1, 0.15) is 48.0 Å². The van der Waals surface area contributed by atoms with Crippen LogP contribution in [0.4, 0.5) is 0 Å². The van der Waals surface area contributed by atoms with Crippen LogP contribution in [0.15, 0.2) is 54.6 Å². The van der Waals surface area contributed by atoms with Crippen LogP contribution in [-0.4, -0.2) is 153 Å². The van der Waals surface area contributed by atoms with E-state index < -0.39 is 146 Å². The van der Waals surface area contributed by atoms with Crippen molar-refractivity contribution in [2.45, 2.75) is 95.2 Å². The molecule has 0 aliphatic carbocycles. The second-order valence-electron chi connectivity index (χ2n) is 15.3. The summed E-state index contributed by atoms with van der Waals surface area (Å²) in [7, 11) is 0. The SMILES string of the molecule is CC[C@H](C)[C@H](NC(=O)[C@H](CC(=O)O)NC(=O)[C@H](Cc1ccccc1)NC(=O)[C@H](C)NC(=O)CNC(=O)[C@H](Cc1ccc(O)cc1)NC(=O)[C@H](CC(=O)O)NC(=O)CNC(=O)[C@@H](N)CO)C(=O)O. The van der Waals surface area contributed by atoms with E-state index >= 15 is 0 Å². The van der Waals surface area contributed by atoms with Gasteiger partial charge in [-0.25, -0.2) is 4.79 Å². The maximum absolute atomic E-state index is 13.7. The Morgan fingerprint density at radius 1 is 0.552 bits per heavy atom. The molecule has 2 aromatic carbocycles. The van der Waals surface area contributed by atoms with Gasteiger partial charge in [0.25, 0.3) is 0 Å². The van der Waals surface area contributed by atoms with Crippen LogP contribution < -0.4 is 48.3 Å². The number of nitrogens with one attached hydrogen (secondary N) is 8. The monoisotopic (exact) mass is 943 g/mol. The average molecular weight is 944 g/mol. The van der Waals surface area contributed by atoms with Crippen molar-refractivity contribution in [3.05, 3.63) is 65.7 Å². The number of aliphatic hydroxyl groups is 1. The number of carboxylic acids is 3. The normalized spacial score (nSPS) is 14.3. The fourth-order valence-electron chi connectivity index (χ4n) is 5.96. The van der Waals surface area contributed by atoms with E-state index in [1.807, 2.05) is 0 Å². The molecule has 0 radical (unpaired) electrons. The quantitative estimate of drug-likeness (QED) is 0.0384. The highest BCUT2D eigenvalue weighted by Gasteiger charge is 2.34. The third-order valence-corrected chi connectivity index (χ3v) is 9.89. The fraction of sp³-hybridized carbons (Fsp3) is 0.452. The highest BCUT2D eigenvalue weighted by atomic mass is 16.4. The Bertz CT molecular complexity index is 2090. The molecule has 0 saturated heterocycles. The summed E-state index contributed by atoms with van der Waals surface area (Å²) >= 11 is 0. The van der Waals surface area contributed by atoms with Crippen LogP contribution in [0.25, 0.3) is 0 Å². The lowest BCUT2D eigenvalue weighted by Gasteiger charge is -2.26. The van der Waals surface area contributed by atoms with E-state index in [0.29, 0.717) is 17.5 Å². The van der Waals surface area contributed by atoms with E-state index in [2.05, 4.69) is 42.5 Å². The van der Waals surface area contributed by atoms with Gasteiger partial charge in [-0.2, -0.15) is 0 Å². The van der Waals surface area contributed by atoms with Crippen LogP contribution in [0.3, 0.4) is 0 Å². The third kappa shape index (κ3) is 19.9. The molecule has 0 unspecified atom stereocenters. The van der Waals surface area contributed by atoms with E-state index in [4.69, 9.17) is 10.8 Å². The van der Waals surface area contributed by atoms with Crippen LogP contribution in [-0.2, 0) is 65.6 Å². The molecule has 0 aliphatic heterocycles. The number of benzene rings is 2. The standard InChI is InChI=1S/C42H57N9O16/c1-4-21(2)35(42(66)67)51-41(65)30(17-34(58)59)50-39(63)28(14-23-8-6-5-7-9-23)48-36(60)22(3)46-31(54)18-45-38(62)27(15-24-10-12-25(53)13-11-24)49-40(64)29(16-33(56)57)47-32(55)19-44-37(61)26(43)20-52/h5-13,21-22,26-30,35,52-53H,4,14-20,43H2,1-3H3,(H,44,61)(H,45,62)(H,46,54)(H,47,55)(H,48,60)(H,49,64)(H,50,63)(H,51,65)(H,56,57)(H,58,59)(H,66,67)/t21-,22-,26-,27-,28-,29-,30-,35-/m0/s1. The predicted octanol–water partition coefficient (Wildman–Crippen LogP) is -4.26. The second-order valence-corrected chi connectivity index (χ2v) is 15.3. The molecule has 15 N–H and O–H groups in total. The van der Waals surface area contributed by atoms with E-state index in [1.54, 1.807) is 44.2 Å². The van der Waals surface area contributed by atoms with Crippen molar-refractivity contribution in [1.82, 2.24) is 42.5 Å². The number of phenolic OH excluding ortho intramolecular Hbond substituents is 1. The number of nitrogens with two attached hydrogens (primary N) is 1. The molecule has 0 heterocycles. The minimum Gasteiger partial charge on any atom is -0.508 e. The first-order chi connectivity index (χ1) is 31.5. The molecule has 8 atom stereocenters. The van der Waals surface area contributed by atoms with Crippen LogP contribution in [0.1, 0.15) is 51.2 Å². The Hall–Kier alpha value is -7.67. The first kappa shape index (κ1) is 55.5. The molecule has 366 valence electrons. The van der Waals surface area contributed by atoms with Gasteiger partial charge in [0.05, 0.1) is 32.5 Å². The predicted molar refractivity (Wildman–Crippen MR) is 232 cm³/mol. The number of amides is 8. The summed E-state index contributed by atoms with van der Waals surface area (Å²) in [5.74, 6) is -13.3. The van der Waals surface area contributed by atoms with Crippen molar-refractivity contribution in [2.75, 3.05) is 19.7 Å². The summed E-state index contributed by atoms with van der Waals surface area (Å²) in [5, 5.41) is 65.5. The molecule has 0 aromatic heterocycles. The molecule has 0 spiro atoms. The molecule has 8 amide bonds. The summed E-state index contributed by atoms with van der Waals surface area (Å²) in [4.78, 5) is 140. The van der Waals surface area contributed by atoms with Crippen LogP contribution >= 0.6 is 0 Å². The number of rotatable bonds is 28. The summed E-state index contributed by atoms with van der Waals surface area (Å²) in [6, 6.07) is 2.78. The van der Waals surface area contributed by atoms with Crippen LogP contribution in [0.5, 0.6) is 5.75 Å². The Morgan fingerprint density at radius 3 is 1.52 bits per heavy atom. The Morgan fingerprint density at radius 2 is 1.00 bits per heavy atom. The van der Waals surface area contributed by atoms with Gasteiger partial charge in [0.15, 0.2) is 0 Å². The van der Waals surface area contributed by atoms with Gasteiger partial charge >= 0.3 is 17.9 Å². The van der Waals surface area contributed by atoms with Crippen molar-refractivity contribution in [1.29, 1.82) is 0 Å². The highest BCUT2D eigenvalue weighted by Crippen LogP contribution is 2.13. The molecule has 25 nitrogen and oxygen atoms in total. The van der Waals surface area contributed by atoms with Crippen molar-refractivity contribution >= 4 is 65.2 Å². The van der Waals surface area contributed by atoms with Crippen molar-refractivity contribution in [3.63, 3.8) is 0 Å². The van der Waals surface area contributed by atoms with Gasteiger partial charge in [-0.15, -0.1) is 0 Å². The van der Waals surface area contributed by atoms with E-state index in [9.17, 15) is 73.2 Å². The first-order valence-electron chi connectivity index (χ1n) is 20.7. The van der Waals surface area contributed by atoms with Crippen LogP contribution in [0, 0.1) is 5.92 Å². The Labute approximate surface area is 383 Å². The fourth-order valence-corrected chi connectivity index (χ4v) is 5.96. The smallest absolute Gasteiger partial charge is 0.326 e. The minimum atomic E-state index is -1.79. The van der Waals surface area contributed by atoms with Gasteiger partial charge in [-0.1, -0.05) is 62.7 Å². The van der Waals surface area contributed by atoms with Gasteiger partial charge in [0, 0.05) is 12.8 Å². The topological polar surface area (TPSA) is 411 Å². The number of carbonyl (C=O) groups is 11. The average Bonchev–Trinajstić information content (AvgIpc) is 3.27. The zero-order valence-electron chi connectivity index (χ0n) is 36.8. The largest absolute Gasteiger partial charge is 0.508 e. The minimum absolute atomic E-state index is 0.134. The Balaban J connectivity index is 2.22. The van der Waals surface area contributed by atoms with Gasteiger partial charge < -0.3 is 73.8 Å². The molecule has 0 aliphatic rings. The van der Waals surface area contributed by atoms with Crippen molar-refractivity contribution < 1.29 is 78.3 Å². The second kappa shape index (κ2) is 27.6. The lowest BCUT2D eigenvalue weighted by Crippen LogP contribution is -2.59. The number of carboxylic acid groups (broad SMARTS) is 3. The maximum Gasteiger partial charge on any atom is 0.326 e. The zero-order chi connectivity index (χ0) is 50.4. The molecule has 2 rings (SSSR count). The van der Waals surface area contributed by atoms with E-state index in [0.717, 1.165) is 0 Å². The van der Waals surface area contributed by atoms with E-state index in [-0.39, 0.29) is 18.6 Å². The summed E-state index contributed by atoms with van der Waals surface area (Å²) in [6.07, 6.45) is -2.07. The number of hydrogen-bond acceptors (Lipinski definition) is 14. The lowest BCUT2D eigenvalue weighted by atomic mass is 9.98. The number of carbonyl (C=O) groups excluding carboxylic acids is 8. The van der Waals surface area contributed by atoms with Crippen molar-refractivity contribution in [2.24, 2.45) is 11.7 Å². The molecule has 0 saturated carbocycles. The Kier molecular flexibility index (Phi) is 22.9. The maximum atomic E-state index is 13.7. The lowest BCUT2D eigenvalue weighted by molar-refractivity contribution is -0.145. The number of phenols is 1. The van der Waals surface area contributed by atoms with Gasteiger partial charge in [-0.3, -0.25) is 47.9 Å². The molecule has 67 heavy (non-hydrogen) atoms. The molecular formula is C42H57N9O16. The number of aliphatic carboxylic acids is 3. The molecular weight excluding hydrogens is 887 g/mol. The van der Waals surface area contributed by atoms with E-state index in [1.165, 1.54) is 31.2 Å². The highest BCUT2D eigenvalue weighted by molar-refractivity contribution is 5.98. The van der Waals surface area contributed by atoms with Crippen molar-refractivity contribution in [3.8, 4) is 5.75 Å². The number of aromatic hydroxyl groups is 1. The molecule has 2 aromatic rings. The number of hydrogen-bond donors (Lipinski definition) is 14. The van der Waals surface area contributed by atoms with Gasteiger partial charge in [0.2, 0.25) is 47.3 Å². The summed E-state index contributed by atoms with van der Waals surface area (Å²) < 4.78 is 0. The summed E-state index contributed by atoms with van der Waals surface area (Å²) in [6.45, 7) is 2.15. The molecule has 0 fully saturated rings. The van der Waals surface area contributed by atoms with Crippen LogP contribution in [0.2, 0.25) is 0 Å². The first-order valence-corrected chi connectivity index (χ1v) is 20.7. The zero-order valence-corrected chi connectivity index (χ0v) is 36.8.